The molecule has 0 bridgehead atoms. The lowest BCUT2D eigenvalue weighted by molar-refractivity contribution is 0.259. The van der Waals surface area contributed by atoms with Crippen LogP contribution in [0.15, 0.2) is 16.8 Å². The van der Waals surface area contributed by atoms with Crippen molar-refractivity contribution >= 4 is 23.7 Å². The van der Waals surface area contributed by atoms with Crippen molar-refractivity contribution in [1.29, 1.82) is 0 Å². The molecule has 1 aromatic heterocycles. The van der Waals surface area contributed by atoms with Crippen molar-refractivity contribution in [1.82, 2.24) is 4.90 Å². The molecule has 0 amide bonds. The quantitative estimate of drug-likeness (QED) is 0.897. The van der Waals surface area contributed by atoms with Gasteiger partial charge in [0, 0.05) is 25.7 Å². The fourth-order valence-electron chi connectivity index (χ4n) is 3.38. The van der Waals surface area contributed by atoms with E-state index in [1.165, 1.54) is 37.9 Å². The number of fused-ring (bicyclic) bond motifs is 1. The van der Waals surface area contributed by atoms with E-state index in [4.69, 9.17) is 5.73 Å². The number of nitrogens with zero attached hydrogens (tertiary/aromatic N) is 1. The Morgan fingerprint density at radius 1 is 1.35 bits per heavy atom. The zero-order valence-electron chi connectivity index (χ0n) is 10.0. The second kappa shape index (κ2) is 5.70. The molecule has 3 rings (SSSR count). The van der Waals surface area contributed by atoms with Gasteiger partial charge in [-0.3, -0.25) is 4.90 Å². The summed E-state index contributed by atoms with van der Waals surface area (Å²) in [5.41, 5.74) is 7.70. The normalized spacial score (nSPS) is 33.1. The Balaban J connectivity index is 0.00000108. The minimum Gasteiger partial charge on any atom is -0.327 e. The van der Waals surface area contributed by atoms with Crippen LogP contribution in [0.25, 0.3) is 0 Å². The van der Waals surface area contributed by atoms with Crippen molar-refractivity contribution in [3.63, 3.8) is 0 Å². The highest BCUT2D eigenvalue weighted by Crippen LogP contribution is 2.36. The van der Waals surface area contributed by atoms with Gasteiger partial charge in [-0.2, -0.15) is 11.3 Å². The molecule has 96 valence electrons. The van der Waals surface area contributed by atoms with Crippen LogP contribution in [0.2, 0.25) is 0 Å². The highest BCUT2D eigenvalue weighted by Gasteiger charge is 2.38. The summed E-state index contributed by atoms with van der Waals surface area (Å²) in [6.45, 7) is 3.62. The first-order chi connectivity index (χ1) is 7.83. The second-order valence-electron chi connectivity index (χ2n) is 5.34. The third kappa shape index (κ3) is 2.84. The van der Waals surface area contributed by atoms with E-state index in [0.29, 0.717) is 6.04 Å². The molecule has 4 heteroatoms. The summed E-state index contributed by atoms with van der Waals surface area (Å²) >= 11 is 1.80. The predicted octanol–water partition coefficient (Wildman–Crippen LogP) is 2.73. The molecule has 2 fully saturated rings. The molecule has 3 unspecified atom stereocenters. The van der Waals surface area contributed by atoms with E-state index in [0.717, 1.165) is 18.4 Å². The summed E-state index contributed by atoms with van der Waals surface area (Å²) in [6.07, 6.45) is 3.99. The number of likely N-dealkylation sites (tertiary alicyclic amines) is 1. The summed E-state index contributed by atoms with van der Waals surface area (Å²) < 4.78 is 0. The zero-order valence-corrected chi connectivity index (χ0v) is 11.7. The minimum absolute atomic E-state index is 0. The van der Waals surface area contributed by atoms with E-state index in [9.17, 15) is 0 Å². The van der Waals surface area contributed by atoms with Crippen LogP contribution in [0.1, 0.15) is 24.8 Å². The van der Waals surface area contributed by atoms with Gasteiger partial charge in [0.25, 0.3) is 0 Å². The third-order valence-corrected chi connectivity index (χ3v) is 4.95. The van der Waals surface area contributed by atoms with Gasteiger partial charge in [0.05, 0.1) is 0 Å². The Morgan fingerprint density at radius 2 is 2.24 bits per heavy atom. The van der Waals surface area contributed by atoms with Crippen molar-refractivity contribution < 1.29 is 0 Å². The first-order valence-corrected chi connectivity index (χ1v) is 7.26. The number of hydrogen-bond acceptors (Lipinski definition) is 3. The fraction of sp³-hybridized carbons (Fsp3) is 0.692. The lowest BCUT2D eigenvalue weighted by Gasteiger charge is -2.29. The first kappa shape index (κ1) is 13.3. The van der Waals surface area contributed by atoms with Crippen LogP contribution in [-0.4, -0.2) is 24.0 Å². The summed E-state index contributed by atoms with van der Waals surface area (Å²) in [6, 6.07) is 2.71. The van der Waals surface area contributed by atoms with Crippen LogP contribution in [0, 0.1) is 11.8 Å². The van der Waals surface area contributed by atoms with Gasteiger partial charge in [-0.1, -0.05) is 6.42 Å². The van der Waals surface area contributed by atoms with Crippen LogP contribution in [0.3, 0.4) is 0 Å². The maximum absolute atomic E-state index is 6.23. The Kier molecular flexibility index (Phi) is 4.47. The minimum atomic E-state index is 0. The monoisotopic (exact) mass is 272 g/mol. The third-order valence-electron chi connectivity index (χ3n) is 4.22. The van der Waals surface area contributed by atoms with E-state index >= 15 is 0 Å². The van der Waals surface area contributed by atoms with Crippen molar-refractivity contribution in [2.75, 3.05) is 13.1 Å². The SMILES string of the molecule is Cl.NC1CCCC2CN(Cc3ccsc3)CC12. The molecule has 2 N–H and O–H groups in total. The van der Waals surface area contributed by atoms with Crippen LogP contribution in [0.4, 0.5) is 0 Å². The van der Waals surface area contributed by atoms with Crippen molar-refractivity contribution in [3.8, 4) is 0 Å². The molecule has 2 heterocycles. The molecule has 2 nitrogen and oxygen atoms in total. The maximum atomic E-state index is 6.23. The number of nitrogens with two attached hydrogens (primary N) is 1. The molecule has 1 saturated carbocycles. The lowest BCUT2D eigenvalue weighted by Crippen LogP contribution is -2.38. The van der Waals surface area contributed by atoms with E-state index in [1.807, 2.05) is 0 Å². The molecule has 1 saturated heterocycles. The summed E-state index contributed by atoms with van der Waals surface area (Å²) in [5.74, 6) is 1.65. The molecule has 0 radical (unpaired) electrons. The maximum Gasteiger partial charge on any atom is 0.0242 e. The summed E-state index contributed by atoms with van der Waals surface area (Å²) in [4.78, 5) is 2.60. The number of halogens is 1. The second-order valence-corrected chi connectivity index (χ2v) is 6.12. The van der Waals surface area contributed by atoms with Crippen LogP contribution in [0.5, 0.6) is 0 Å². The topological polar surface area (TPSA) is 29.3 Å². The van der Waals surface area contributed by atoms with Gasteiger partial charge in [-0.15, -0.1) is 12.4 Å². The van der Waals surface area contributed by atoms with E-state index in [2.05, 4.69) is 21.7 Å². The van der Waals surface area contributed by atoms with Gasteiger partial charge in [0.2, 0.25) is 0 Å². The van der Waals surface area contributed by atoms with Crippen molar-refractivity contribution in [2.24, 2.45) is 17.6 Å². The van der Waals surface area contributed by atoms with E-state index < -0.39 is 0 Å². The van der Waals surface area contributed by atoms with Gasteiger partial charge in [-0.25, -0.2) is 0 Å². The molecule has 17 heavy (non-hydrogen) atoms. The molecule has 0 spiro atoms. The fourth-order valence-corrected chi connectivity index (χ4v) is 4.04. The van der Waals surface area contributed by atoms with Crippen molar-refractivity contribution in [2.45, 2.75) is 31.8 Å². The Morgan fingerprint density at radius 3 is 2.94 bits per heavy atom. The highest BCUT2D eigenvalue weighted by molar-refractivity contribution is 7.07. The Bertz CT molecular complexity index is 341. The molecule has 1 aliphatic carbocycles. The average molecular weight is 273 g/mol. The number of hydrogen-bond donors (Lipinski definition) is 1. The van der Waals surface area contributed by atoms with Crippen LogP contribution >= 0.6 is 23.7 Å². The smallest absolute Gasteiger partial charge is 0.0242 e. The van der Waals surface area contributed by atoms with Gasteiger partial charge >= 0.3 is 0 Å². The van der Waals surface area contributed by atoms with Gasteiger partial charge < -0.3 is 5.73 Å². The molecule has 1 aromatic rings. The van der Waals surface area contributed by atoms with Gasteiger partial charge in [0.15, 0.2) is 0 Å². The van der Waals surface area contributed by atoms with Crippen molar-refractivity contribution in [3.05, 3.63) is 22.4 Å². The number of rotatable bonds is 2. The lowest BCUT2D eigenvalue weighted by atomic mass is 9.78. The summed E-state index contributed by atoms with van der Waals surface area (Å²) in [5, 5.41) is 4.44. The molecular formula is C13H21ClN2S. The van der Waals surface area contributed by atoms with Gasteiger partial charge in [0.1, 0.15) is 0 Å². The standard InChI is InChI=1S/C13H20N2S.ClH/c14-13-3-1-2-11-7-15(8-12(11)13)6-10-4-5-16-9-10;/h4-5,9,11-13H,1-3,6-8,14H2;1H. The van der Waals surface area contributed by atoms with Crippen LogP contribution < -0.4 is 5.73 Å². The zero-order chi connectivity index (χ0) is 11.0. The molecule has 1 aliphatic heterocycles. The molecule has 2 aliphatic rings. The van der Waals surface area contributed by atoms with Gasteiger partial charge in [-0.05, 0) is 47.1 Å². The highest BCUT2D eigenvalue weighted by atomic mass is 35.5. The average Bonchev–Trinajstić information content (AvgIpc) is 2.88. The van der Waals surface area contributed by atoms with E-state index in [1.54, 1.807) is 11.3 Å². The largest absolute Gasteiger partial charge is 0.327 e. The van der Waals surface area contributed by atoms with E-state index in [-0.39, 0.29) is 12.4 Å². The predicted molar refractivity (Wildman–Crippen MR) is 75.7 cm³/mol. The molecule has 3 atom stereocenters. The molecule has 0 aromatic carbocycles. The summed E-state index contributed by atoms with van der Waals surface area (Å²) in [7, 11) is 0. The first-order valence-electron chi connectivity index (χ1n) is 6.32. The Hall–Kier alpha value is -0.0900. The Labute approximate surface area is 114 Å². The van der Waals surface area contributed by atoms with Crippen LogP contribution in [-0.2, 0) is 6.54 Å². The molecular weight excluding hydrogens is 252 g/mol. The number of thiophene rings is 1.